The SMILES string of the molecule is Nc1ccc(S(N)(=O)=O)cc1N1CCCN2CCCC2C1. The average Bonchev–Trinajstić information content (AvgIpc) is 2.75. The van der Waals surface area contributed by atoms with E-state index in [0.29, 0.717) is 11.7 Å². The molecule has 0 aromatic heterocycles. The molecule has 1 unspecified atom stereocenters. The normalized spacial score (nSPS) is 23.9. The quantitative estimate of drug-likeness (QED) is 0.780. The molecule has 0 bridgehead atoms. The summed E-state index contributed by atoms with van der Waals surface area (Å²) >= 11 is 0. The minimum atomic E-state index is -3.70. The van der Waals surface area contributed by atoms with Gasteiger partial charge in [-0.1, -0.05) is 0 Å². The van der Waals surface area contributed by atoms with Crippen LogP contribution in [0.15, 0.2) is 23.1 Å². The zero-order valence-corrected chi connectivity index (χ0v) is 12.8. The molecule has 0 saturated carbocycles. The molecule has 0 radical (unpaired) electrons. The van der Waals surface area contributed by atoms with Gasteiger partial charge in [0.1, 0.15) is 0 Å². The van der Waals surface area contributed by atoms with E-state index in [1.54, 1.807) is 12.1 Å². The van der Waals surface area contributed by atoms with Gasteiger partial charge in [0.05, 0.1) is 16.3 Å². The van der Waals surface area contributed by atoms with Crippen molar-refractivity contribution in [2.24, 2.45) is 5.14 Å². The summed E-state index contributed by atoms with van der Waals surface area (Å²) in [6, 6.07) is 5.25. The minimum absolute atomic E-state index is 0.124. The number of hydrogen-bond donors (Lipinski definition) is 2. The van der Waals surface area contributed by atoms with Crippen LogP contribution in [0.3, 0.4) is 0 Å². The van der Waals surface area contributed by atoms with Gasteiger partial charge in [-0.3, -0.25) is 4.90 Å². The number of benzene rings is 1. The minimum Gasteiger partial charge on any atom is -0.397 e. The first-order valence-corrected chi connectivity index (χ1v) is 8.91. The standard InChI is InChI=1S/C14H22N4O2S/c15-13-5-4-12(21(16,19)20)9-14(13)18-8-2-7-17-6-1-3-11(17)10-18/h4-5,9,11H,1-3,6-8,10,15H2,(H2,16,19,20). The molecule has 1 aromatic rings. The molecule has 1 aromatic carbocycles. The summed E-state index contributed by atoms with van der Waals surface area (Å²) in [6.45, 7) is 4.07. The van der Waals surface area contributed by atoms with Crippen LogP contribution in [-0.4, -0.2) is 45.5 Å². The second-order valence-electron chi connectivity index (χ2n) is 5.90. The summed E-state index contributed by atoms with van der Waals surface area (Å²) in [6.07, 6.45) is 3.51. The van der Waals surface area contributed by atoms with Crippen molar-refractivity contribution in [3.05, 3.63) is 18.2 Å². The van der Waals surface area contributed by atoms with Crippen molar-refractivity contribution in [1.82, 2.24) is 4.90 Å². The van der Waals surface area contributed by atoms with Crippen LogP contribution in [0, 0.1) is 0 Å². The Kier molecular flexibility index (Phi) is 3.81. The Morgan fingerprint density at radius 2 is 1.90 bits per heavy atom. The van der Waals surface area contributed by atoms with E-state index in [1.165, 1.54) is 25.5 Å². The van der Waals surface area contributed by atoms with Gasteiger partial charge in [0.2, 0.25) is 10.0 Å². The Morgan fingerprint density at radius 3 is 2.67 bits per heavy atom. The first-order valence-electron chi connectivity index (χ1n) is 7.36. The summed E-state index contributed by atoms with van der Waals surface area (Å²) < 4.78 is 23.1. The lowest BCUT2D eigenvalue weighted by atomic mass is 10.2. The number of primary sulfonamides is 1. The van der Waals surface area contributed by atoms with Gasteiger partial charge in [-0.2, -0.15) is 0 Å². The third kappa shape index (κ3) is 3.00. The van der Waals surface area contributed by atoms with E-state index in [1.807, 2.05) is 0 Å². The van der Waals surface area contributed by atoms with Crippen molar-refractivity contribution in [2.45, 2.75) is 30.2 Å². The number of hydrogen-bond acceptors (Lipinski definition) is 5. The molecule has 2 fully saturated rings. The first kappa shape index (κ1) is 14.6. The maximum atomic E-state index is 11.5. The average molecular weight is 310 g/mol. The molecular formula is C14H22N4O2S. The van der Waals surface area contributed by atoms with Crippen molar-refractivity contribution in [3.63, 3.8) is 0 Å². The summed E-state index contributed by atoms with van der Waals surface area (Å²) in [5.41, 5.74) is 7.45. The fourth-order valence-electron chi connectivity index (χ4n) is 3.40. The molecule has 2 aliphatic rings. The number of nitrogens with zero attached hydrogens (tertiary/aromatic N) is 2. The Labute approximate surface area is 125 Å². The highest BCUT2D eigenvalue weighted by molar-refractivity contribution is 7.89. The van der Waals surface area contributed by atoms with Crippen LogP contribution in [0.5, 0.6) is 0 Å². The maximum Gasteiger partial charge on any atom is 0.238 e. The number of nitrogen functional groups attached to an aromatic ring is 1. The summed E-state index contributed by atoms with van der Waals surface area (Å²) in [5, 5.41) is 5.23. The van der Waals surface area contributed by atoms with Crippen molar-refractivity contribution >= 4 is 21.4 Å². The zero-order chi connectivity index (χ0) is 15.0. The molecule has 2 heterocycles. The molecule has 116 valence electrons. The molecule has 4 N–H and O–H groups in total. The van der Waals surface area contributed by atoms with Gasteiger partial charge in [0, 0.05) is 25.7 Å². The lowest BCUT2D eigenvalue weighted by Gasteiger charge is -2.28. The lowest BCUT2D eigenvalue weighted by molar-refractivity contribution is 0.273. The third-order valence-electron chi connectivity index (χ3n) is 4.47. The van der Waals surface area contributed by atoms with Crippen molar-refractivity contribution < 1.29 is 8.42 Å². The molecule has 0 spiro atoms. The number of nitrogens with two attached hydrogens (primary N) is 2. The highest BCUT2D eigenvalue weighted by atomic mass is 32.2. The van der Waals surface area contributed by atoms with E-state index in [4.69, 9.17) is 10.9 Å². The van der Waals surface area contributed by atoms with Crippen molar-refractivity contribution in [1.29, 1.82) is 0 Å². The topological polar surface area (TPSA) is 92.7 Å². The number of anilines is 2. The number of sulfonamides is 1. The number of fused-ring (bicyclic) bond motifs is 1. The van der Waals surface area contributed by atoms with E-state index >= 15 is 0 Å². The Bertz CT molecular complexity index is 632. The van der Waals surface area contributed by atoms with E-state index in [-0.39, 0.29) is 4.90 Å². The van der Waals surface area contributed by atoms with Gasteiger partial charge in [-0.05, 0) is 44.0 Å². The maximum absolute atomic E-state index is 11.5. The largest absolute Gasteiger partial charge is 0.397 e. The molecule has 7 heteroatoms. The first-order chi connectivity index (χ1) is 9.95. The molecule has 6 nitrogen and oxygen atoms in total. The molecule has 0 aliphatic carbocycles. The van der Waals surface area contributed by atoms with Crippen LogP contribution in [0.25, 0.3) is 0 Å². The summed E-state index contributed by atoms with van der Waals surface area (Å²) in [5.74, 6) is 0. The van der Waals surface area contributed by atoms with Crippen LogP contribution in [0.1, 0.15) is 19.3 Å². The lowest BCUT2D eigenvalue weighted by Crippen LogP contribution is -2.37. The molecule has 0 amide bonds. The van der Waals surface area contributed by atoms with Crippen LogP contribution in [0.4, 0.5) is 11.4 Å². The Hall–Kier alpha value is -1.31. The van der Waals surface area contributed by atoms with Crippen LogP contribution in [0.2, 0.25) is 0 Å². The van der Waals surface area contributed by atoms with Crippen LogP contribution < -0.4 is 15.8 Å². The van der Waals surface area contributed by atoms with E-state index in [2.05, 4.69) is 9.80 Å². The van der Waals surface area contributed by atoms with Gasteiger partial charge < -0.3 is 10.6 Å². The highest BCUT2D eigenvalue weighted by Crippen LogP contribution is 2.30. The molecule has 3 rings (SSSR count). The third-order valence-corrected chi connectivity index (χ3v) is 5.39. The van der Waals surface area contributed by atoms with Crippen molar-refractivity contribution in [3.8, 4) is 0 Å². The molecule has 21 heavy (non-hydrogen) atoms. The highest BCUT2D eigenvalue weighted by Gasteiger charge is 2.29. The summed E-state index contributed by atoms with van der Waals surface area (Å²) in [7, 11) is -3.70. The van der Waals surface area contributed by atoms with E-state index < -0.39 is 10.0 Å². The van der Waals surface area contributed by atoms with Crippen LogP contribution in [-0.2, 0) is 10.0 Å². The predicted molar refractivity (Wildman–Crippen MR) is 83.7 cm³/mol. The smallest absolute Gasteiger partial charge is 0.238 e. The second kappa shape index (κ2) is 5.47. The monoisotopic (exact) mass is 310 g/mol. The Balaban J connectivity index is 1.91. The summed E-state index contributed by atoms with van der Waals surface area (Å²) in [4.78, 5) is 4.86. The van der Waals surface area contributed by atoms with Gasteiger partial charge in [-0.25, -0.2) is 13.6 Å². The predicted octanol–water partition coefficient (Wildman–Crippen LogP) is 0.591. The molecular weight excluding hydrogens is 288 g/mol. The van der Waals surface area contributed by atoms with Gasteiger partial charge in [0.25, 0.3) is 0 Å². The molecule has 2 saturated heterocycles. The molecule has 2 aliphatic heterocycles. The van der Waals surface area contributed by atoms with E-state index in [0.717, 1.165) is 31.7 Å². The van der Waals surface area contributed by atoms with Gasteiger partial charge in [-0.15, -0.1) is 0 Å². The fraction of sp³-hybridized carbons (Fsp3) is 0.571. The van der Waals surface area contributed by atoms with E-state index in [9.17, 15) is 8.42 Å². The second-order valence-corrected chi connectivity index (χ2v) is 7.46. The van der Waals surface area contributed by atoms with Gasteiger partial charge >= 0.3 is 0 Å². The fourth-order valence-corrected chi connectivity index (χ4v) is 3.93. The van der Waals surface area contributed by atoms with Crippen LogP contribution >= 0.6 is 0 Å². The van der Waals surface area contributed by atoms with Gasteiger partial charge in [0.15, 0.2) is 0 Å². The molecule has 1 atom stereocenters. The Morgan fingerprint density at radius 1 is 1.14 bits per heavy atom. The van der Waals surface area contributed by atoms with Crippen molar-refractivity contribution in [2.75, 3.05) is 36.8 Å². The number of rotatable bonds is 2. The zero-order valence-electron chi connectivity index (χ0n) is 12.0.